The van der Waals surface area contributed by atoms with Crippen molar-refractivity contribution in [1.29, 1.82) is 0 Å². The molecule has 0 spiro atoms. The summed E-state index contributed by atoms with van der Waals surface area (Å²) in [6.45, 7) is 15.4. The standard InChI is InChI=1S/C19H36N6O2/c1-6-20-18(22-14-19(4,5)25-11-9-8-10-12-25)21-13-16-23-17(24-27-16)15(3)26-7-2/h15H,6-14H2,1-5H3,(H2,20,21,22). The highest BCUT2D eigenvalue weighted by Crippen LogP contribution is 2.19. The molecule has 0 saturated carbocycles. The van der Waals surface area contributed by atoms with Crippen molar-refractivity contribution < 1.29 is 9.26 Å². The summed E-state index contributed by atoms with van der Waals surface area (Å²) in [5, 5.41) is 10.7. The number of rotatable bonds is 9. The van der Waals surface area contributed by atoms with Crippen LogP contribution in [-0.2, 0) is 11.3 Å². The molecule has 0 aliphatic carbocycles. The van der Waals surface area contributed by atoms with Gasteiger partial charge in [-0.2, -0.15) is 4.98 Å². The summed E-state index contributed by atoms with van der Waals surface area (Å²) in [5.41, 5.74) is 0.0845. The summed E-state index contributed by atoms with van der Waals surface area (Å²) in [6, 6.07) is 0. The number of nitrogens with one attached hydrogen (secondary N) is 2. The van der Waals surface area contributed by atoms with Crippen LogP contribution in [-0.4, -0.2) is 59.3 Å². The maximum absolute atomic E-state index is 5.49. The highest BCUT2D eigenvalue weighted by Gasteiger charge is 2.27. The first kappa shape index (κ1) is 21.6. The highest BCUT2D eigenvalue weighted by molar-refractivity contribution is 5.79. The molecule has 27 heavy (non-hydrogen) atoms. The largest absolute Gasteiger partial charge is 0.371 e. The van der Waals surface area contributed by atoms with Crippen molar-refractivity contribution in [3.05, 3.63) is 11.7 Å². The van der Waals surface area contributed by atoms with Crippen LogP contribution < -0.4 is 10.6 Å². The number of hydrogen-bond donors (Lipinski definition) is 2. The molecule has 8 nitrogen and oxygen atoms in total. The summed E-state index contributed by atoms with van der Waals surface area (Å²) < 4.78 is 10.8. The van der Waals surface area contributed by atoms with E-state index in [1.807, 2.05) is 13.8 Å². The molecule has 2 rings (SSSR count). The van der Waals surface area contributed by atoms with Crippen molar-refractivity contribution in [2.45, 2.75) is 72.1 Å². The molecule has 0 amide bonds. The molecule has 1 unspecified atom stereocenters. The van der Waals surface area contributed by atoms with Gasteiger partial charge >= 0.3 is 0 Å². The predicted octanol–water partition coefficient (Wildman–Crippen LogP) is 2.49. The van der Waals surface area contributed by atoms with Crippen LogP contribution in [0.2, 0.25) is 0 Å². The van der Waals surface area contributed by atoms with Crippen molar-refractivity contribution in [3.63, 3.8) is 0 Å². The normalized spacial score (nSPS) is 17.7. The molecule has 1 aromatic heterocycles. The summed E-state index contributed by atoms with van der Waals surface area (Å²) in [5.74, 6) is 1.82. The van der Waals surface area contributed by atoms with E-state index >= 15 is 0 Å². The molecule has 8 heteroatoms. The van der Waals surface area contributed by atoms with Crippen LogP contribution in [0, 0.1) is 0 Å². The summed E-state index contributed by atoms with van der Waals surface area (Å²) in [6.07, 6.45) is 3.75. The van der Waals surface area contributed by atoms with E-state index in [0.717, 1.165) is 19.0 Å². The number of aliphatic imine (C=N–C) groups is 1. The Morgan fingerprint density at radius 1 is 1.26 bits per heavy atom. The molecule has 2 heterocycles. The molecule has 1 saturated heterocycles. The first-order chi connectivity index (χ1) is 13.0. The van der Waals surface area contributed by atoms with Gasteiger partial charge < -0.3 is 19.9 Å². The zero-order valence-electron chi connectivity index (χ0n) is 17.5. The second-order valence-corrected chi connectivity index (χ2v) is 7.55. The van der Waals surface area contributed by atoms with E-state index in [9.17, 15) is 0 Å². The number of guanidine groups is 1. The molecule has 1 aromatic rings. The average molecular weight is 381 g/mol. The minimum atomic E-state index is -0.173. The number of likely N-dealkylation sites (tertiary alicyclic amines) is 1. The van der Waals surface area contributed by atoms with E-state index in [0.29, 0.717) is 24.9 Å². The lowest BCUT2D eigenvalue weighted by Crippen LogP contribution is -2.54. The van der Waals surface area contributed by atoms with Crippen LogP contribution in [0.4, 0.5) is 0 Å². The van der Waals surface area contributed by atoms with Gasteiger partial charge in [0.05, 0.1) is 0 Å². The van der Waals surface area contributed by atoms with Crippen molar-refractivity contribution in [2.24, 2.45) is 4.99 Å². The van der Waals surface area contributed by atoms with Gasteiger partial charge in [0.1, 0.15) is 12.6 Å². The first-order valence-corrected chi connectivity index (χ1v) is 10.2. The Morgan fingerprint density at radius 2 is 2.00 bits per heavy atom. The van der Waals surface area contributed by atoms with Crippen LogP contribution in [0.15, 0.2) is 9.52 Å². The Morgan fingerprint density at radius 3 is 2.67 bits per heavy atom. The van der Waals surface area contributed by atoms with Crippen LogP contribution in [0.3, 0.4) is 0 Å². The Hall–Kier alpha value is -1.67. The minimum Gasteiger partial charge on any atom is -0.371 e. The third-order valence-electron chi connectivity index (χ3n) is 4.88. The molecule has 0 aromatic carbocycles. The average Bonchev–Trinajstić information content (AvgIpc) is 3.14. The second kappa shape index (κ2) is 10.6. The topological polar surface area (TPSA) is 87.8 Å². The minimum absolute atomic E-state index is 0.0845. The summed E-state index contributed by atoms with van der Waals surface area (Å²) in [4.78, 5) is 11.5. The Kier molecular flexibility index (Phi) is 8.50. The lowest BCUT2D eigenvalue weighted by molar-refractivity contribution is 0.0683. The number of aromatic nitrogens is 2. The van der Waals surface area contributed by atoms with Gasteiger partial charge in [-0.15, -0.1) is 0 Å². The summed E-state index contributed by atoms with van der Waals surface area (Å²) >= 11 is 0. The van der Waals surface area contributed by atoms with Gasteiger partial charge in [0.25, 0.3) is 0 Å². The van der Waals surface area contributed by atoms with Gasteiger partial charge in [-0.05, 0) is 60.5 Å². The highest BCUT2D eigenvalue weighted by atomic mass is 16.5. The summed E-state index contributed by atoms with van der Waals surface area (Å²) in [7, 11) is 0. The molecule has 0 bridgehead atoms. The molecular weight excluding hydrogens is 344 g/mol. The fourth-order valence-corrected chi connectivity index (χ4v) is 3.22. The Bertz CT molecular complexity index is 581. The third-order valence-corrected chi connectivity index (χ3v) is 4.88. The van der Waals surface area contributed by atoms with Crippen molar-refractivity contribution >= 4 is 5.96 Å². The molecule has 1 aliphatic heterocycles. The van der Waals surface area contributed by atoms with Crippen molar-refractivity contribution in [2.75, 3.05) is 32.8 Å². The second-order valence-electron chi connectivity index (χ2n) is 7.55. The van der Waals surface area contributed by atoms with E-state index in [-0.39, 0.29) is 11.6 Å². The quantitative estimate of drug-likeness (QED) is 0.503. The molecule has 154 valence electrons. The monoisotopic (exact) mass is 380 g/mol. The van der Waals surface area contributed by atoms with Gasteiger partial charge in [0.2, 0.25) is 5.89 Å². The molecule has 1 aliphatic rings. The Balaban J connectivity index is 1.91. The SMILES string of the molecule is CCNC(=NCc1nc(C(C)OCC)no1)NCC(C)(C)N1CCCCC1. The van der Waals surface area contributed by atoms with E-state index in [4.69, 9.17) is 9.26 Å². The third kappa shape index (κ3) is 6.77. The lowest BCUT2D eigenvalue weighted by Gasteiger charge is -2.41. The van der Waals surface area contributed by atoms with Gasteiger partial charge in [-0.25, -0.2) is 4.99 Å². The molecular formula is C19H36N6O2. The van der Waals surface area contributed by atoms with Gasteiger partial charge in [0.15, 0.2) is 11.8 Å². The first-order valence-electron chi connectivity index (χ1n) is 10.2. The zero-order valence-corrected chi connectivity index (χ0v) is 17.5. The maximum atomic E-state index is 5.49. The Labute approximate surface area is 163 Å². The van der Waals surface area contributed by atoms with Crippen LogP contribution in [0.5, 0.6) is 0 Å². The number of hydrogen-bond acceptors (Lipinski definition) is 6. The van der Waals surface area contributed by atoms with Crippen molar-refractivity contribution in [1.82, 2.24) is 25.7 Å². The zero-order chi connectivity index (χ0) is 19.7. The molecule has 2 N–H and O–H groups in total. The van der Waals surface area contributed by atoms with E-state index < -0.39 is 0 Å². The van der Waals surface area contributed by atoms with E-state index in [1.54, 1.807) is 0 Å². The van der Waals surface area contributed by atoms with Gasteiger partial charge in [-0.1, -0.05) is 11.6 Å². The lowest BCUT2D eigenvalue weighted by atomic mass is 9.98. The smallest absolute Gasteiger partial charge is 0.248 e. The van der Waals surface area contributed by atoms with Crippen LogP contribution in [0.1, 0.15) is 71.7 Å². The van der Waals surface area contributed by atoms with E-state index in [2.05, 4.69) is 51.4 Å². The van der Waals surface area contributed by atoms with Crippen LogP contribution >= 0.6 is 0 Å². The number of piperidine rings is 1. The predicted molar refractivity (Wildman–Crippen MR) is 107 cm³/mol. The molecule has 0 radical (unpaired) electrons. The fourth-order valence-electron chi connectivity index (χ4n) is 3.22. The fraction of sp³-hybridized carbons (Fsp3) is 0.842. The van der Waals surface area contributed by atoms with Gasteiger partial charge in [0, 0.05) is 25.2 Å². The molecule has 1 atom stereocenters. The number of ether oxygens (including phenoxy) is 1. The number of nitrogens with zero attached hydrogens (tertiary/aromatic N) is 4. The molecule has 1 fully saturated rings. The van der Waals surface area contributed by atoms with Crippen molar-refractivity contribution in [3.8, 4) is 0 Å². The maximum Gasteiger partial charge on any atom is 0.248 e. The van der Waals surface area contributed by atoms with Gasteiger partial charge in [-0.3, -0.25) is 4.90 Å². The van der Waals surface area contributed by atoms with E-state index in [1.165, 1.54) is 32.4 Å². The van der Waals surface area contributed by atoms with Crippen LogP contribution in [0.25, 0.3) is 0 Å².